The summed E-state index contributed by atoms with van der Waals surface area (Å²) in [5.41, 5.74) is 1.82. The molecule has 172 valence electrons. The van der Waals surface area contributed by atoms with Gasteiger partial charge in [-0.2, -0.15) is 0 Å². The Bertz CT molecular complexity index is 891. The summed E-state index contributed by atoms with van der Waals surface area (Å²) in [4.78, 5) is 28.3. The number of ether oxygens (including phenoxy) is 2. The Morgan fingerprint density at radius 2 is 1.69 bits per heavy atom. The maximum atomic E-state index is 13.5. The molecule has 1 N–H and O–H groups in total. The summed E-state index contributed by atoms with van der Waals surface area (Å²) in [5.74, 6) is 1.34. The molecule has 0 radical (unpaired) electrons. The molecule has 1 atom stereocenters. The fourth-order valence-electron chi connectivity index (χ4n) is 4.27. The monoisotopic (exact) mass is 438 g/mol. The first kappa shape index (κ1) is 23.6. The highest BCUT2D eigenvalue weighted by molar-refractivity contribution is 5.88. The standard InChI is InChI=1S/C26H34N2O4/c1-4-24(26(30)27-21-9-5-6-10-21)28(18-20-8-7-11-23(16-20)32-3)25(29)17-19-12-14-22(31-2)15-13-19/h7-8,11-16,21,24H,4-6,9-10,17-18H2,1-3H3,(H,27,30). The van der Waals surface area contributed by atoms with E-state index in [9.17, 15) is 9.59 Å². The molecule has 2 aromatic rings. The van der Waals surface area contributed by atoms with E-state index < -0.39 is 6.04 Å². The molecule has 0 aromatic heterocycles. The van der Waals surface area contributed by atoms with E-state index in [-0.39, 0.29) is 24.3 Å². The minimum atomic E-state index is -0.521. The zero-order valence-electron chi connectivity index (χ0n) is 19.3. The summed E-state index contributed by atoms with van der Waals surface area (Å²) in [6.07, 6.45) is 5.09. The van der Waals surface area contributed by atoms with Crippen molar-refractivity contribution in [3.05, 3.63) is 59.7 Å². The number of hydrogen-bond acceptors (Lipinski definition) is 4. The Hall–Kier alpha value is -3.02. The number of amides is 2. The molecule has 3 rings (SSSR count). The summed E-state index contributed by atoms with van der Waals surface area (Å²) in [6.45, 7) is 2.31. The number of carbonyl (C=O) groups is 2. The van der Waals surface area contributed by atoms with Crippen molar-refractivity contribution in [2.45, 2.75) is 64.1 Å². The van der Waals surface area contributed by atoms with Crippen LogP contribution in [0.3, 0.4) is 0 Å². The van der Waals surface area contributed by atoms with E-state index >= 15 is 0 Å². The second kappa shape index (κ2) is 11.6. The van der Waals surface area contributed by atoms with Gasteiger partial charge in [-0.05, 0) is 54.7 Å². The van der Waals surface area contributed by atoms with Gasteiger partial charge in [0.05, 0.1) is 20.6 Å². The fourth-order valence-corrected chi connectivity index (χ4v) is 4.27. The maximum absolute atomic E-state index is 13.5. The Morgan fingerprint density at radius 1 is 1.00 bits per heavy atom. The zero-order valence-corrected chi connectivity index (χ0v) is 19.3. The molecule has 1 aliphatic rings. The predicted octanol–water partition coefficient (Wildman–Crippen LogP) is 4.11. The van der Waals surface area contributed by atoms with Crippen molar-refractivity contribution >= 4 is 11.8 Å². The average molecular weight is 439 g/mol. The molecule has 0 saturated heterocycles. The van der Waals surface area contributed by atoms with Crippen LogP contribution in [-0.4, -0.2) is 43.0 Å². The zero-order chi connectivity index (χ0) is 22.9. The molecule has 6 heteroatoms. The first-order chi connectivity index (χ1) is 15.5. The van der Waals surface area contributed by atoms with Crippen LogP contribution >= 0.6 is 0 Å². The number of rotatable bonds is 10. The topological polar surface area (TPSA) is 67.9 Å². The quantitative estimate of drug-likeness (QED) is 0.606. The van der Waals surface area contributed by atoms with Crippen molar-refractivity contribution in [1.82, 2.24) is 10.2 Å². The molecule has 6 nitrogen and oxygen atoms in total. The van der Waals surface area contributed by atoms with E-state index in [0.29, 0.717) is 13.0 Å². The van der Waals surface area contributed by atoms with Crippen LogP contribution in [0.2, 0.25) is 0 Å². The van der Waals surface area contributed by atoms with E-state index in [1.54, 1.807) is 19.1 Å². The lowest BCUT2D eigenvalue weighted by molar-refractivity contribution is -0.141. The minimum absolute atomic E-state index is 0.0645. The van der Waals surface area contributed by atoms with Gasteiger partial charge in [0.25, 0.3) is 0 Å². The minimum Gasteiger partial charge on any atom is -0.497 e. The van der Waals surface area contributed by atoms with Crippen molar-refractivity contribution in [3.63, 3.8) is 0 Å². The maximum Gasteiger partial charge on any atom is 0.243 e. The molecule has 32 heavy (non-hydrogen) atoms. The van der Waals surface area contributed by atoms with Gasteiger partial charge < -0.3 is 19.7 Å². The smallest absolute Gasteiger partial charge is 0.243 e. The van der Waals surface area contributed by atoms with E-state index in [2.05, 4.69) is 5.32 Å². The van der Waals surface area contributed by atoms with Gasteiger partial charge in [-0.15, -0.1) is 0 Å². The molecular formula is C26H34N2O4. The number of carbonyl (C=O) groups excluding carboxylic acids is 2. The fraction of sp³-hybridized carbons (Fsp3) is 0.462. The lowest BCUT2D eigenvalue weighted by atomic mass is 10.1. The van der Waals surface area contributed by atoms with Gasteiger partial charge in [-0.25, -0.2) is 0 Å². The Balaban J connectivity index is 1.81. The number of hydrogen-bond donors (Lipinski definition) is 1. The van der Waals surface area contributed by atoms with E-state index in [4.69, 9.17) is 9.47 Å². The molecular weight excluding hydrogens is 404 g/mol. The van der Waals surface area contributed by atoms with Gasteiger partial charge in [0.15, 0.2) is 0 Å². The first-order valence-electron chi connectivity index (χ1n) is 11.4. The van der Waals surface area contributed by atoms with Gasteiger partial charge in [0.2, 0.25) is 11.8 Å². The van der Waals surface area contributed by atoms with Crippen LogP contribution in [-0.2, 0) is 22.6 Å². The average Bonchev–Trinajstić information content (AvgIpc) is 3.32. The molecule has 1 aliphatic carbocycles. The second-order valence-electron chi connectivity index (χ2n) is 8.31. The molecule has 2 aromatic carbocycles. The normalized spacial score (nSPS) is 14.6. The second-order valence-corrected chi connectivity index (χ2v) is 8.31. The Labute approximate surface area is 190 Å². The lowest BCUT2D eigenvalue weighted by Gasteiger charge is -2.31. The van der Waals surface area contributed by atoms with Crippen LogP contribution in [0.15, 0.2) is 48.5 Å². The van der Waals surface area contributed by atoms with Crippen LogP contribution in [0.5, 0.6) is 11.5 Å². The highest BCUT2D eigenvalue weighted by Crippen LogP contribution is 2.21. The molecule has 0 aliphatic heterocycles. The number of benzene rings is 2. The van der Waals surface area contributed by atoms with Gasteiger partial charge in [0, 0.05) is 12.6 Å². The van der Waals surface area contributed by atoms with Crippen LogP contribution in [0.25, 0.3) is 0 Å². The van der Waals surface area contributed by atoms with Crippen LogP contribution in [0.1, 0.15) is 50.2 Å². The molecule has 1 saturated carbocycles. The van der Waals surface area contributed by atoms with Crippen molar-refractivity contribution in [1.29, 1.82) is 0 Å². The molecule has 1 fully saturated rings. The first-order valence-corrected chi connectivity index (χ1v) is 11.4. The Morgan fingerprint density at radius 3 is 2.31 bits per heavy atom. The van der Waals surface area contributed by atoms with E-state index in [1.807, 2.05) is 55.5 Å². The summed E-state index contributed by atoms with van der Waals surface area (Å²) in [6, 6.07) is 14.8. The van der Waals surface area contributed by atoms with Gasteiger partial charge in [0.1, 0.15) is 17.5 Å². The van der Waals surface area contributed by atoms with Crippen molar-refractivity contribution in [2.24, 2.45) is 0 Å². The number of methoxy groups -OCH3 is 2. The highest BCUT2D eigenvalue weighted by atomic mass is 16.5. The lowest BCUT2D eigenvalue weighted by Crippen LogP contribution is -2.51. The third-order valence-corrected chi connectivity index (χ3v) is 6.09. The summed E-state index contributed by atoms with van der Waals surface area (Å²) in [7, 11) is 3.24. The van der Waals surface area contributed by atoms with Crippen molar-refractivity contribution in [2.75, 3.05) is 14.2 Å². The molecule has 0 heterocycles. The van der Waals surface area contributed by atoms with Gasteiger partial charge in [-0.3, -0.25) is 9.59 Å². The molecule has 0 spiro atoms. The SMILES string of the molecule is CCC(C(=O)NC1CCCC1)N(Cc1cccc(OC)c1)C(=O)Cc1ccc(OC)cc1. The molecule has 2 amide bonds. The van der Waals surface area contributed by atoms with E-state index in [0.717, 1.165) is 48.3 Å². The third-order valence-electron chi connectivity index (χ3n) is 6.09. The Kier molecular flexibility index (Phi) is 8.54. The third kappa shape index (κ3) is 6.25. The van der Waals surface area contributed by atoms with Crippen LogP contribution in [0.4, 0.5) is 0 Å². The summed E-state index contributed by atoms with van der Waals surface area (Å²) in [5, 5.41) is 3.18. The van der Waals surface area contributed by atoms with E-state index in [1.165, 1.54) is 0 Å². The van der Waals surface area contributed by atoms with Crippen molar-refractivity contribution < 1.29 is 19.1 Å². The van der Waals surface area contributed by atoms with Gasteiger partial charge in [-0.1, -0.05) is 44.0 Å². The van der Waals surface area contributed by atoms with Crippen LogP contribution in [0, 0.1) is 0 Å². The number of nitrogens with one attached hydrogen (secondary N) is 1. The van der Waals surface area contributed by atoms with Crippen molar-refractivity contribution in [3.8, 4) is 11.5 Å². The highest BCUT2D eigenvalue weighted by Gasteiger charge is 2.30. The summed E-state index contributed by atoms with van der Waals surface area (Å²) >= 11 is 0. The molecule has 0 bridgehead atoms. The molecule has 1 unspecified atom stereocenters. The predicted molar refractivity (Wildman–Crippen MR) is 125 cm³/mol. The van der Waals surface area contributed by atoms with Crippen LogP contribution < -0.4 is 14.8 Å². The summed E-state index contributed by atoms with van der Waals surface area (Å²) < 4.78 is 10.6. The largest absolute Gasteiger partial charge is 0.497 e. The van der Waals surface area contributed by atoms with Gasteiger partial charge >= 0.3 is 0 Å². The number of nitrogens with zero attached hydrogens (tertiary/aromatic N) is 1.